The summed E-state index contributed by atoms with van der Waals surface area (Å²) < 4.78 is 1.87. The van der Waals surface area contributed by atoms with Gasteiger partial charge in [0.1, 0.15) is 0 Å². The highest BCUT2D eigenvalue weighted by Crippen LogP contribution is 2.30. The van der Waals surface area contributed by atoms with Gasteiger partial charge in [-0.3, -0.25) is 9.78 Å². The number of rotatable bonds is 6. The van der Waals surface area contributed by atoms with Crippen molar-refractivity contribution in [3.63, 3.8) is 0 Å². The molecule has 0 saturated carbocycles. The maximum absolute atomic E-state index is 12.9. The van der Waals surface area contributed by atoms with E-state index < -0.39 is 0 Å². The molecule has 0 aliphatic carbocycles. The molecule has 1 amide bonds. The summed E-state index contributed by atoms with van der Waals surface area (Å²) in [6.45, 7) is 4.46. The fourth-order valence-electron chi connectivity index (χ4n) is 4.25. The van der Waals surface area contributed by atoms with Gasteiger partial charge in [0.05, 0.1) is 11.9 Å². The normalized spacial score (nSPS) is 14.7. The lowest BCUT2D eigenvalue weighted by Gasteiger charge is -2.32. The summed E-state index contributed by atoms with van der Waals surface area (Å²) in [6.07, 6.45) is 6.27. The van der Waals surface area contributed by atoms with Crippen molar-refractivity contribution in [3.8, 4) is 11.3 Å². The van der Waals surface area contributed by atoms with Crippen LogP contribution in [0.3, 0.4) is 0 Å². The van der Waals surface area contributed by atoms with Crippen molar-refractivity contribution < 1.29 is 4.79 Å². The molecule has 7 nitrogen and oxygen atoms in total. The van der Waals surface area contributed by atoms with Gasteiger partial charge >= 0.3 is 0 Å². The minimum Gasteiger partial charge on any atom is -0.347 e. The Kier molecular flexibility index (Phi) is 6.09. The van der Waals surface area contributed by atoms with Crippen LogP contribution in [0.25, 0.3) is 16.2 Å². The lowest BCUT2D eigenvalue weighted by atomic mass is 9.95. The number of fused-ring (bicyclic) bond motifs is 1. The second kappa shape index (κ2) is 9.31. The number of pyridine rings is 1. The number of carbonyl (C=O) groups excluding carboxylic acids is 1. The van der Waals surface area contributed by atoms with E-state index in [0.29, 0.717) is 6.54 Å². The Balaban J connectivity index is 1.17. The molecule has 5 rings (SSSR count). The highest BCUT2D eigenvalue weighted by molar-refractivity contribution is 7.20. The Labute approximate surface area is 197 Å². The number of nitrogens with zero attached hydrogens (tertiary/aromatic N) is 6. The van der Waals surface area contributed by atoms with E-state index in [-0.39, 0.29) is 11.8 Å². The summed E-state index contributed by atoms with van der Waals surface area (Å²) in [6, 6.07) is 14.3. The van der Waals surface area contributed by atoms with Crippen LogP contribution in [-0.4, -0.2) is 57.1 Å². The molecule has 1 fully saturated rings. The number of hydrogen-bond donors (Lipinski definition) is 0. The summed E-state index contributed by atoms with van der Waals surface area (Å²) in [5, 5.41) is 5.74. The van der Waals surface area contributed by atoms with E-state index in [1.807, 2.05) is 40.9 Å². The Morgan fingerprint density at radius 3 is 2.64 bits per heavy atom. The van der Waals surface area contributed by atoms with Gasteiger partial charge in [-0.05, 0) is 31.9 Å². The maximum atomic E-state index is 12.9. The van der Waals surface area contributed by atoms with Gasteiger partial charge in [0, 0.05) is 56.5 Å². The molecule has 8 heteroatoms. The van der Waals surface area contributed by atoms with Crippen LogP contribution in [0.4, 0.5) is 5.13 Å². The second-order valence-corrected chi connectivity index (χ2v) is 9.63. The van der Waals surface area contributed by atoms with Crippen LogP contribution in [-0.2, 0) is 11.2 Å². The number of carbonyl (C=O) groups is 1. The monoisotopic (exact) mass is 460 g/mol. The van der Waals surface area contributed by atoms with E-state index in [9.17, 15) is 4.79 Å². The lowest BCUT2D eigenvalue weighted by molar-refractivity contribution is -0.134. The Morgan fingerprint density at radius 1 is 1.15 bits per heavy atom. The minimum atomic E-state index is 0.0761. The number of anilines is 1. The first-order valence-electron chi connectivity index (χ1n) is 11.4. The maximum Gasteiger partial charge on any atom is 0.225 e. The van der Waals surface area contributed by atoms with E-state index >= 15 is 0 Å². The zero-order valence-electron chi connectivity index (χ0n) is 19.0. The number of amides is 1. The number of benzene rings is 1. The number of aryl methyl sites for hydroxylation is 1. The molecule has 4 aromatic rings. The van der Waals surface area contributed by atoms with Crippen molar-refractivity contribution in [2.75, 3.05) is 31.6 Å². The van der Waals surface area contributed by atoms with Crippen molar-refractivity contribution in [2.45, 2.75) is 26.2 Å². The molecule has 0 bridgehead atoms. The summed E-state index contributed by atoms with van der Waals surface area (Å²) in [7, 11) is 1.90. The molecule has 0 radical (unpaired) electrons. The number of hydrogen-bond acceptors (Lipinski definition) is 6. The van der Waals surface area contributed by atoms with Crippen LogP contribution >= 0.6 is 11.3 Å². The third-order valence-corrected chi connectivity index (χ3v) is 7.28. The predicted octanol–water partition coefficient (Wildman–Crippen LogP) is 4.08. The van der Waals surface area contributed by atoms with E-state index in [4.69, 9.17) is 10.1 Å². The van der Waals surface area contributed by atoms with Gasteiger partial charge in [-0.1, -0.05) is 47.2 Å². The first kappa shape index (κ1) is 21.6. The zero-order chi connectivity index (χ0) is 22.8. The lowest BCUT2D eigenvalue weighted by Crippen LogP contribution is -2.41. The smallest absolute Gasteiger partial charge is 0.225 e. The van der Waals surface area contributed by atoms with E-state index in [0.717, 1.165) is 59.4 Å². The van der Waals surface area contributed by atoms with Crippen molar-refractivity contribution >= 4 is 27.3 Å². The molecule has 1 aliphatic rings. The van der Waals surface area contributed by atoms with Gasteiger partial charge in [-0.2, -0.15) is 0 Å². The Morgan fingerprint density at radius 2 is 1.94 bits per heavy atom. The molecule has 0 spiro atoms. The van der Waals surface area contributed by atoms with E-state index in [1.165, 1.54) is 5.56 Å². The number of imidazole rings is 1. The molecule has 170 valence electrons. The predicted molar refractivity (Wildman–Crippen MR) is 132 cm³/mol. The molecule has 0 unspecified atom stereocenters. The summed E-state index contributed by atoms with van der Waals surface area (Å²) in [5.41, 5.74) is 4.30. The van der Waals surface area contributed by atoms with Gasteiger partial charge in [0.15, 0.2) is 0 Å². The van der Waals surface area contributed by atoms with Crippen molar-refractivity contribution in [1.82, 2.24) is 24.5 Å². The van der Waals surface area contributed by atoms with Crippen LogP contribution in [0.5, 0.6) is 0 Å². The van der Waals surface area contributed by atoms with Gasteiger partial charge in [0.2, 0.25) is 16.0 Å². The van der Waals surface area contributed by atoms with Crippen LogP contribution in [0.2, 0.25) is 0 Å². The number of likely N-dealkylation sites (N-methyl/N-ethyl adjacent to an activating group) is 1. The van der Waals surface area contributed by atoms with Crippen LogP contribution in [0, 0.1) is 12.8 Å². The van der Waals surface area contributed by atoms with Crippen molar-refractivity contribution in [3.05, 3.63) is 66.1 Å². The Bertz CT molecular complexity index is 1190. The summed E-state index contributed by atoms with van der Waals surface area (Å²) >= 11 is 1.61. The van der Waals surface area contributed by atoms with Gasteiger partial charge in [-0.25, -0.2) is 9.50 Å². The topological polar surface area (TPSA) is 66.6 Å². The summed E-state index contributed by atoms with van der Waals surface area (Å²) in [4.78, 5) is 27.1. The highest BCUT2D eigenvalue weighted by Gasteiger charge is 2.28. The highest BCUT2D eigenvalue weighted by atomic mass is 32.1. The molecule has 0 N–H and O–H groups in total. The van der Waals surface area contributed by atoms with E-state index in [2.05, 4.69) is 41.1 Å². The third kappa shape index (κ3) is 4.75. The molecule has 33 heavy (non-hydrogen) atoms. The first-order chi connectivity index (χ1) is 16.1. The SMILES string of the molecule is Cc1ccc(-c2cn3nc(N4CCC(C(=O)N(C)CCc5ccccn5)CC4)sc3n2)cc1. The molecular weight excluding hydrogens is 432 g/mol. The molecule has 1 aliphatic heterocycles. The van der Waals surface area contributed by atoms with Crippen LogP contribution < -0.4 is 4.90 Å². The third-order valence-electron chi connectivity index (χ3n) is 6.30. The van der Waals surface area contributed by atoms with Crippen molar-refractivity contribution in [1.29, 1.82) is 0 Å². The molecular formula is C25H28N6OS. The average Bonchev–Trinajstić information content (AvgIpc) is 3.43. The molecule has 1 aromatic carbocycles. The zero-order valence-corrected chi connectivity index (χ0v) is 19.8. The standard InChI is InChI=1S/C25H28N6OS/c1-18-6-8-19(9-7-18)22-17-31-24(27-22)33-25(28-31)30-15-10-20(11-16-30)23(32)29(2)14-12-21-5-3-4-13-26-21/h3-9,13,17,20H,10-12,14-16H2,1-2H3. The van der Waals surface area contributed by atoms with E-state index in [1.54, 1.807) is 17.5 Å². The number of piperidine rings is 1. The van der Waals surface area contributed by atoms with Crippen LogP contribution in [0.1, 0.15) is 24.1 Å². The minimum absolute atomic E-state index is 0.0761. The quantitative estimate of drug-likeness (QED) is 0.434. The average molecular weight is 461 g/mol. The largest absolute Gasteiger partial charge is 0.347 e. The van der Waals surface area contributed by atoms with Crippen LogP contribution in [0.15, 0.2) is 54.9 Å². The van der Waals surface area contributed by atoms with Gasteiger partial charge < -0.3 is 9.80 Å². The molecule has 3 aromatic heterocycles. The van der Waals surface area contributed by atoms with Gasteiger partial charge in [0.25, 0.3) is 0 Å². The summed E-state index contributed by atoms with van der Waals surface area (Å²) in [5.74, 6) is 0.314. The Hall–Kier alpha value is -3.26. The molecule has 4 heterocycles. The second-order valence-electron chi connectivity index (χ2n) is 8.70. The molecule has 0 atom stereocenters. The first-order valence-corrected chi connectivity index (χ1v) is 12.2. The molecule has 1 saturated heterocycles. The fourth-order valence-corrected chi connectivity index (χ4v) is 5.18. The fraction of sp³-hybridized carbons (Fsp3) is 0.360. The van der Waals surface area contributed by atoms with Crippen molar-refractivity contribution in [2.24, 2.45) is 5.92 Å². The van der Waals surface area contributed by atoms with Gasteiger partial charge in [-0.15, -0.1) is 5.10 Å². The number of aromatic nitrogens is 4.